The molecule has 24 heavy (non-hydrogen) atoms. The van der Waals surface area contributed by atoms with Gasteiger partial charge in [-0.15, -0.1) is 0 Å². The van der Waals surface area contributed by atoms with E-state index in [1.54, 1.807) is 45.2 Å². The zero-order chi connectivity index (χ0) is 19.1. The summed E-state index contributed by atoms with van der Waals surface area (Å²) in [7, 11) is -6.48. The summed E-state index contributed by atoms with van der Waals surface area (Å²) in [5, 5.41) is -5.76. The lowest BCUT2D eigenvalue weighted by Crippen LogP contribution is -2.52. The molecular weight excluding hydrogens is 708 g/mol. The largest absolute Gasteiger partial charge is 0.441 e. The Labute approximate surface area is 172 Å². The van der Waals surface area contributed by atoms with Gasteiger partial charge in [0.05, 0.1) is 5.56 Å². The SMILES string of the molecule is O=C(OC(C(F)(F)F)C(F)(F)S(=O)(=O)O)c1c(I)cc(I)cc1I. The summed E-state index contributed by atoms with van der Waals surface area (Å²) in [4.78, 5) is 11.9. The fourth-order valence-corrected chi connectivity index (χ4v) is 5.84. The van der Waals surface area contributed by atoms with Crippen molar-refractivity contribution in [3.05, 3.63) is 28.4 Å². The monoisotopic (exact) mass is 712 g/mol. The van der Waals surface area contributed by atoms with Gasteiger partial charge in [-0.05, 0) is 79.9 Å². The van der Waals surface area contributed by atoms with Gasteiger partial charge in [0.1, 0.15) is 0 Å². The van der Waals surface area contributed by atoms with Gasteiger partial charge in [-0.25, -0.2) is 4.79 Å². The second-order valence-electron chi connectivity index (χ2n) is 4.11. The summed E-state index contributed by atoms with van der Waals surface area (Å²) in [6.45, 7) is 0. The van der Waals surface area contributed by atoms with Crippen LogP contribution in [-0.2, 0) is 14.9 Å². The molecule has 1 aromatic rings. The summed E-state index contributed by atoms with van der Waals surface area (Å²) < 4.78 is 99.0. The van der Waals surface area contributed by atoms with Gasteiger partial charge < -0.3 is 4.74 Å². The van der Waals surface area contributed by atoms with Gasteiger partial charge in [-0.2, -0.15) is 30.4 Å². The molecule has 0 aliphatic rings. The number of carbonyl (C=O) groups is 1. The van der Waals surface area contributed by atoms with Crippen LogP contribution in [0.1, 0.15) is 10.4 Å². The van der Waals surface area contributed by atoms with Gasteiger partial charge in [0.15, 0.2) is 0 Å². The van der Waals surface area contributed by atoms with Gasteiger partial charge in [0, 0.05) is 10.7 Å². The number of alkyl halides is 5. The zero-order valence-electron chi connectivity index (χ0n) is 10.7. The highest BCUT2D eigenvalue weighted by Gasteiger charge is 2.66. The molecule has 0 amide bonds. The van der Waals surface area contributed by atoms with E-state index in [2.05, 4.69) is 4.74 Å². The van der Waals surface area contributed by atoms with E-state index in [1.165, 1.54) is 12.1 Å². The number of rotatable bonds is 4. The maximum absolute atomic E-state index is 13.4. The molecular formula is C10H4F5I3O5S. The molecule has 0 aromatic heterocycles. The van der Waals surface area contributed by atoms with Crippen LogP contribution in [0.4, 0.5) is 22.0 Å². The number of benzene rings is 1. The molecule has 1 N–H and O–H groups in total. The van der Waals surface area contributed by atoms with Gasteiger partial charge in [-0.3, -0.25) is 4.55 Å². The first-order chi connectivity index (χ1) is 10.6. The van der Waals surface area contributed by atoms with Crippen LogP contribution in [0.2, 0.25) is 0 Å². The Morgan fingerprint density at radius 2 is 1.50 bits per heavy atom. The van der Waals surface area contributed by atoms with Crippen molar-refractivity contribution >= 4 is 83.9 Å². The molecule has 14 heteroatoms. The normalized spacial score (nSPS) is 14.4. The van der Waals surface area contributed by atoms with Crippen LogP contribution in [0.3, 0.4) is 0 Å². The van der Waals surface area contributed by atoms with Crippen molar-refractivity contribution in [2.45, 2.75) is 17.5 Å². The Hall–Kier alpha value is 0.440. The molecule has 1 atom stereocenters. The van der Waals surface area contributed by atoms with E-state index < -0.39 is 39.2 Å². The number of halogens is 8. The minimum absolute atomic E-state index is 0.116. The number of carbonyl (C=O) groups excluding carboxylic acids is 1. The molecule has 0 radical (unpaired) electrons. The van der Waals surface area contributed by atoms with Gasteiger partial charge in [-0.1, -0.05) is 0 Å². The first-order valence-electron chi connectivity index (χ1n) is 5.36. The lowest BCUT2D eigenvalue weighted by atomic mass is 10.2. The summed E-state index contributed by atoms with van der Waals surface area (Å²) in [6, 6.07) is 2.76. The summed E-state index contributed by atoms with van der Waals surface area (Å²) in [6.07, 6.45) is -10.3. The third-order valence-electron chi connectivity index (χ3n) is 2.38. The summed E-state index contributed by atoms with van der Waals surface area (Å²) >= 11 is 5.03. The lowest BCUT2D eigenvalue weighted by molar-refractivity contribution is -0.248. The average molecular weight is 712 g/mol. The highest BCUT2D eigenvalue weighted by molar-refractivity contribution is 14.1. The van der Waals surface area contributed by atoms with Crippen molar-refractivity contribution in [2.75, 3.05) is 0 Å². The van der Waals surface area contributed by atoms with E-state index in [9.17, 15) is 35.2 Å². The first-order valence-corrected chi connectivity index (χ1v) is 10.0. The maximum Gasteiger partial charge on any atom is 0.432 e. The van der Waals surface area contributed by atoms with Crippen LogP contribution in [0.25, 0.3) is 0 Å². The number of esters is 1. The van der Waals surface area contributed by atoms with E-state index in [0.717, 1.165) is 0 Å². The molecule has 0 aliphatic carbocycles. The lowest BCUT2D eigenvalue weighted by Gasteiger charge is -2.26. The molecule has 0 bridgehead atoms. The van der Waals surface area contributed by atoms with Crippen LogP contribution < -0.4 is 0 Å². The van der Waals surface area contributed by atoms with E-state index in [-0.39, 0.29) is 7.14 Å². The van der Waals surface area contributed by atoms with Crippen LogP contribution in [0.5, 0.6) is 0 Å². The molecule has 1 rings (SSSR count). The van der Waals surface area contributed by atoms with E-state index >= 15 is 0 Å². The maximum atomic E-state index is 13.4. The second kappa shape index (κ2) is 7.59. The molecule has 5 nitrogen and oxygen atoms in total. The molecule has 0 spiro atoms. The third kappa shape index (κ3) is 5.00. The fourth-order valence-electron chi connectivity index (χ4n) is 1.36. The van der Waals surface area contributed by atoms with Gasteiger partial charge in [0.25, 0.3) is 6.10 Å². The topological polar surface area (TPSA) is 80.7 Å². The van der Waals surface area contributed by atoms with Crippen LogP contribution in [0, 0.1) is 10.7 Å². The predicted octanol–water partition coefficient (Wildman–Crippen LogP) is 4.07. The standard InChI is InChI=1S/C10H4F5I3O5S/c11-9(12,13)8(10(14,15)24(20,21)22)23-7(19)6-4(17)1-3(16)2-5(6)18/h1-2,8H,(H,20,21,22). The van der Waals surface area contributed by atoms with E-state index in [0.29, 0.717) is 3.57 Å². The Bertz CT molecular complexity index is 742. The molecule has 0 heterocycles. The van der Waals surface area contributed by atoms with E-state index in [4.69, 9.17) is 4.55 Å². The van der Waals surface area contributed by atoms with Gasteiger partial charge >= 0.3 is 27.5 Å². The molecule has 1 aromatic carbocycles. The van der Waals surface area contributed by atoms with Crippen molar-refractivity contribution in [3.8, 4) is 0 Å². The summed E-state index contributed by atoms with van der Waals surface area (Å²) in [5.41, 5.74) is -0.433. The smallest absolute Gasteiger partial charge is 0.432 e. The first kappa shape index (κ1) is 22.5. The summed E-state index contributed by atoms with van der Waals surface area (Å²) in [5.74, 6) is -1.80. The minimum Gasteiger partial charge on any atom is -0.441 e. The molecule has 1 unspecified atom stereocenters. The van der Waals surface area contributed by atoms with E-state index in [1.807, 2.05) is 22.6 Å². The zero-order valence-corrected chi connectivity index (χ0v) is 18.0. The number of hydrogen-bond acceptors (Lipinski definition) is 4. The Morgan fingerprint density at radius 3 is 1.83 bits per heavy atom. The molecule has 136 valence electrons. The Morgan fingerprint density at radius 1 is 1.08 bits per heavy atom. The van der Waals surface area contributed by atoms with Crippen LogP contribution in [-0.4, -0.2) is 36.5 Å². The Balaban J connectivity index is 3.35. The van der Waals surface area contributed by atoms with Crippen LogP contribution in [0.15, 0.2) is 12.1 Å². The highest BCUT2D eigenvalue weighted by atomic mass is 127. The highest BCUT2D eigenvalue weighted by Crippen LogP contribution is 2.39. The second-order valence-corrected chi connectivity index (χ2v) is 9.17. The molecule has 0 fully saturated rings. The van der Waals surface area contributed by atoms with Crippen LogP contribution >= 0.6 is 67.8 Å². The minimum atomic E-state index is -6.48. The number of hydrogen-bond donors (Lipinski definition) is 1. The van der Waals surface area contributed by atoms with Crippen molar-refractivity contribution in [1.82, 2.24) is 0 Å². The average Bonchev–Trinajstić information content (AvgIpc) is 2.31. The van der Waals surface area contributed by atoms with Crippen molar-refractivity contribution < 1.29 is 44.5 Å². The van der Waals surface area contributed by atoms with Crippen molar-refractivity contribution in [2.24, 2.45) is 0 Å². The van der Waals surface area contributed by atoms with Crippen molar-refractivity contribution in [1.29, 1.82) is 0 Å². The predicted molar refractivity (Wildman–Crippen MR) is 96.3 cm³/mol. The van der Waals surface area contributed by atoms with Crippen molar-refractivity contribution in [3.63, 3.8) is 0 Å². The Kier molecular flexibility index (Phi) is 7.11. The molecule has 0 saturated carbocycles. The number of ether oxygens (including phenoxy) is 1. The quantitative estimate of drug-likeness (QED) is 0.221. The fraction of sp³-hybridized carbons (Fsp3) is 0.300. The molecule has 0 aliphatic heterocycles. The third-order valence-corrected chi connectivity index (χ3v) is 5.61. The molecule has 0 saturated heterocycles. The van der Waals surface area contributed by atoms with Gasteiger partial charge in [0.2, 0.25) is 0 Å².